The average Bonchev–Trinajstić information content (AvgIpc) is 3.36. The van der Waals surface area contributed by atoms with E-state index < -0.39 is 0 Å². The first kappa shape index (κ1) is 17.0. The van der Waals surface area contributed by atoms with Gasteiger partial charge in [-0.25, -0.2) is 4.79 Å². The van der Waals surface area contributed by atoms with E-state index in [0.717, 1.165) is 29.2 Å². The summed E-state index contributed by atoms with van der Waals surface area (Å²) in [5.41, 5.74) is 2.24. The van der Waals surface area contributed by atoms with Gasteiger partial charge in [-0.2, -0.15) is 14.5 Å². The Hall–Kier alpha value is -2.46. The van der Waals surface area contributed by atoms with Crippen molar-refractivity contribution in [1.29, 1.82) is 0 Å². The molecule has 1 N–H and O–H groups in total. The van der Waals surface area contributed by atoms with Crippen LogP contribution in [0, 0.1) is 6.92 Å². The predicted octanol–water partition coefficient (Wildman–Crippen LogP) is 2.66. The van der Waals surface area contributed by atoms with E-state index in [2.05, 4.69) is 24.7 Å². The summed E-state index contributed by atoms with van der Waals surface area (Å²) in [7, 11) is 1.90. The number of amides is 2. The molecule has 1 aliphatic heterocycles. The summed E-state index contributed by atoms with van der Waals surface area (Å²) in [6.07, 6.45) is 3.84. The first-order valence-electron chi connectivity index (χ1n) is 8.28. The Morgan fingerprint density at radius 3 is 2.73 bits per heavy atom. The Labute approximate surface area is 159 Å². The van der Waals surface area contributed by atoms with E-state index in [1.807, 2.05) is 42.7 Å². The minimum Gasteiger partial charge on any atom is -0.365 e. The van der Waals surface area contributed by atoms with Gasteiger partial charge in [0.15, 0.2) is 5.82 Å². The van der Waals surface area contributed by atoms with Gasteiger partial charge in [0.25, 0.3) is 0 Å². The van der Waals surface area contributed by atoms with Crippen molar-refractivity contribution in [2.24, 2.45) is 7.05 Å². The molecule has 2 amide bonds. The Morgan fingerprint density at radius 1 is 1.27 bits per heavy atom. The molecule has 1 saturated heterocycles. The maximum atomic E-state index is 12.5. The normalized spacial score (nSPS) is 14.7. The molecular weight excluding hydrogens is 370 g/mol. The van der Waals surface area contributed by atoms with E-state index in [1.54, 1.807) is 16.0 Å². The number of rotatable bonds is 3. The Bertz CT molecular complexity index is 907. The Morgan fingerprint density at radius 2 is 2.08 bits per heavy atom. The molecule has 1 aliphatic rings. The highest BCUT2D eigenvalue weighted by Crippen LogP contribution is 2.29. The van der Waals surface area contributed by atoms with Crippen molar-refractivity contribution in [3.63, 3.8) is 0 Å². The van der Waals surface area contributed by atoms with E-state index in [1.165, 1.54) is 11.5 Å². The van der Waals surface area contributed by atoms with Gasteiger partial charge in [-0.05, 0) is 23.9 Å². The van der Waals surface area contributed by atoms with E-state index in [-0.39, 0.29) is 6.03 Å². The third kappa shape index (κ3) is 3.42. The zero-order valence-electron chi connectivity index (χ0n) is 14.5. The van der Waals surface area contributed by atoms with Crippen LogP contribution in [0.3, 0.4) is 0 Å². The highest BCUT2D eigenvalue weighted by Gasteiger charge is 2.23. The van der Waals surface area contributed by atoms with Gasteiger partial charge in [0.2, 0.25) is 5.13 Å². The number of aromatic nitrogens is 4. The summed E-state index contributed by atoms with van der Waals surface area (Å²) in [5, 5.41) is 9.63. The molecule has 3 aromatic rings. The van der Waals surface area contributed by atoms with Crippen LogP contribution in [0.15, 0.2) is 23.8 Å². The number of nitrogens with one attached hydrogen (secondary N) is 1. The van der Waals surface area contributed by atoms with Crippen molar-refractivity contribution in [2.75, 3.05) is 36.4 Å². The molecule has 0 atom stereocenters. The van der Waals surface area contributed by atoms with Gasteiger partial charge in [-0.3, -0.25) is 10.00 Å². The van der Waals surface area contributed by atoms with Crippen molar-refractivity contribution in [2.45, 2.75) is 6.92 Å². The van der Waals surface area contributed by atoms with E-state index in [9.17, 15) is 4.79 Å². The first-order chi connectivity index (χ1) is 12.6. The van der Waals surface area contributed by atoms with Gasteiger partial charge < -0.3 is 9.80 Å². The number of piperazine rings is 1. The summed E-state index contributed by atoms with van der Waals surface area (Å²) < 4.78 is 6.15. The maximum absolute atomic E-state index is 12.5. The number of aryl methyl sites for hydroxylation is 2. The number of anilines is 2. The zero-order chi connectivity index (χ0) is 18.1. The number of hydrogen-bond acceptors (Lipinski definition) is 7. The lowest BCUT2D eigenvalue weighted by Crippen LogP contribution is -2.50. The van der Waals surface area contributed by atoms with E-state index in [0.29, 0.717) is 24.0 Å². The van der Waals surface area contributed by atoms with E-state index >= 15 is 0 Å². The topological polar surface area (TPSA) is 79.2 Å². The summed E-state index contributed by atoms with van der Waals surface area (Å²) in [6.45, 7) is 4.93. The van der Waals surface area contributed by atoms with Crippen molar-refractivity contribution < 1.29 is 4.79 Å². The molecule has 10 heteroatoms. The average molecular weight is 390 g/mol. The van der Waals surface area contributed by atoms with Gasteiger partial charge in [0.05, 0.1) is 16.8 Å². The molecule has 4 rings (SSSR count). The summed E-state index contributed by atoms with van der Waals surface area (Å²) >= 11 is 2.82. The summed E-state index contributed by atoms with van der Waals surface area (Å²) in [6, 6.07) is 1.92. The number of thiophene rings is 1. The summed E-state index contributed by atoms with van der Waals surface area (Å²) in [5.74, 6) is 0.680. The third-order valence-corrected chi connectivity index (χ3v) is 5.97. The van der Waals surface area contributed by atoms with Crippen LogP contribution in [0.25, 0.3) is 10.7 Å². The van der Waals surface area contributed by atoms with Crippen molar-refractivity contribution in [3.05, 3.63) is 29.4 Å². The molecule has 8 nitrogen and oxygen atoms in total. The minimum atomic E-state index is -0.124. The monoisotopic (exact) mass is 389 g/mol. The van der Waals surface area contributed by atoms with Crippen LogP contribution in [-0.4, -0.2) is 56.2 Å². The SMILES string of the molecule is Cc1ccsc1-c1nsc(NC(=O)N2CCN(c3cnn(C)c3)CC2)n1. The fourth-order valence-corrected chi connectivity index (χ4v) is 4.36. The second-order valence-corrected chi connectivity index (χ2v) is 7.80. The van der Waals surface area contributed by atoms with Crippen molar-refractivity contribution in [1.82, 2.24) is 24.0 Å². The van der Waals surface area contributed by atoms with Gasteiger partial charge in [0.1, 0.15) is 0 Å². The quantitative estimate of drug-likeness (QED) is 0.745. The van der Waals surface area contributed by atoms with Crippen LogP contribution in [0.5, 0.6) is 0 Å². The fraction of sp³-hybridized carbons (Fsp3) is 0.375. The lowest BCUT2D eigenvalue weighted by atomic mass is 10.3. The Balaban J connectivity index is 1.35. The largest absolute Gasteiger partial charge is 0.365 e. The van der Waals surface area contributed by atoms with Gasteiger partial charge in [-0.15, -0.1) is 11.3 Å². The van der Waals surface area contributed by atoms with Gasteiger partial charge in [0, 0.05) is 51.0 Å². The smallest absolute Gasteiger partial charge is 0.323 e. The molecule has 4 heterocycles. The number of nitrogens with zero attached hydrogens (tertiary/aromatic N) is 6. The molecule has 0 aliphatic carbocycles. The minimum absolute atomic E-state index is 0.124. The fourth-order valence-electron chi connectivity index (χ4n) is 2.88. The summed E-state index contributed by atoms with van der Waals surface area (Å²) in [4.78, 5) is 22.0. The number of carbonyl (C=O) groups is 1. The van der Waals surface area contributed by atoms with Crippen LogP contribution in [0.1, 0.15) is 5.56 Å². The molecule has 0 unspecified atom stereocenters. The lowest BCUT2D eigenvalue weighted by molar-refractivity contribution is 0.208. The van der Waals surface area contributed by atoms with Gasteiger partial charge >= 0.3 is 6.03 Å². The first-order valence-corrected chi connectivity index (χ1v) is 9.93. The molecule has 0 spiro atoms. The maximum Gasteiger partial charge on any atom is 0.323 e. The molecule has 0 bridgehead atoms. The highest BCUT2D eigenvalue weighted by molar-refractivity contribution is 7.14. The molecular formula is C16H19N7OS2. The lowest BCUT2D eigenvalue weighted by Gasteiger charge is -2.35. The Kier molecular flexibility index (Phi) is 4.60. The van der Waals surface area contributed by atoms with Crippen LogP contribution in [-0.2, 0) is 7.05 Å². The van der Waals surface area contributed by atoms with Crippen molar-refractivity contribution in [3.8, 4) is 10.7 Å². The molecule has 0 aromatic carbocycles. The molecule has 3 aromatic heterocycles. The van der Waals surface area contributed by atoms with Crippen LogP contribution >= 0.6 is 22.9 Å². The third-order valence-electron chi connectivity index (χ3n) is 4.33. The molecule has 0 radical (unpaired) electrons. The molecule has 136 valence electrons. The van der Waals surface area contributed by atoms with Crippen LogP contribution in [0.4, 0.5) is 15.6 Å². The second-order valence-electron chi connectivity index (χ2n) is 6.13. The second kappa shape index (κ2) is 7.04. The number of urea groups is 1. The molecule has 1 fully saturated rings. The van der Waals surface area contributed by atoms with Crippen LogP contribution < -0.4 is 10.2 Å². The molecule has 0 saturated carbocycles. The van der Waals surface area contributed by atoms with E-state index in [4.69, 9.17) is 0 Å². The standard InChI is InChI=1S/C16H19N7OS2/c1-11-3-8-25-13(11)14-18-15(26-20-14)19-16(24)23-6-4-22(5-7-23)12-9-17-21(2)10-12/h3,8-10H,4-7H2,1-2H3,(H,18,19,20,24). The zero-order valence-corrected chi connectivity index (χ0v) is 16.2. The molecule has 26 heavy (non-hydrogen) atoms. The number of carbonyl (C=O) groups excluding carboxylic acids is 1. The highest BCUT2D eigenvalue weighted by atomic mass is 32.1. The van der Waals surface area contributed by atoms with Gasteiger partial charge in [-0.1, -0.05) is 0 Å². The predicted molar refractivity (Wildman–Crippen MR) is 104 cm³/mol. The number of hydrogen-bond donors (Lipinski definition) is 1. The van der Waals surface area contributed by atoms with Crippen molar-refractivity contribution >= 4 is 39.7 Å². The van der Waals surface area contributed by atoms with Crippen LogP contribution in [0.2, 0.25) is 0 Å².